The zero-order valence-corrected chi connectivity index (χ0v) is 20.4. The van der Waals surface area contributed by atoms with Gasteiger partial charge in [0.05, 0.1) is 12.6 Å². The maximum atomic E-state index is 13.5. The molecule has 1 aliphatic heterocycles. The van der Waals surface area contributed by atoms with Crippen molar-refractivity contribution in [1.29, 1.82) is 0 Å². The van der Waals surface area contributed by atoms with Crippen molar-refractivity contribution in [2.24, 2.45) is 0 Å². The van der Waals surface area contributed by atoms with Crippen molar-refractivity contribution >= 4 is 5.91 Å². The number of benzene rings is 2. The second kappa shape index (κ2) is 11.3. The van der Waals surface area contributed by atoms with Crippen LogP contribution in [0.15, 0.2) is 65.5 Å². The SMILES string of the molecule is CCCCc1nc(=O)c(C(=O)N2CC[C@@H](c3ccccc3)C2)c(O)n1[C@H](COC)c1ccccc1. The highest BCUT2D eigenvalue weighted by Crippen LogP contribution is 2.31. The maximum absolute atomic E-state index is 13.5. The molecule has 0 spiro atoms. The van der Waals surface area contributed by atoms with E-state index in [-0.39, 0.29) is 24.0 Å². The van der Waals surface area contributed by atoms with Crippen LogP contribution in [0.3, 0.4) is 0 Å². The molecule has 1 N–H and O–H groups in total. The third-order valence-electron chi connectivity index (χ3n) is 6.71. The first-order valence-electron chi connectivity index (χ1n) is 12.3. The van der Waals surface area contributed by atoms with E-state index in [1.54, 1.807) is 16.6 Å². The Bertz CT molecular complexity index is 1190. The Kier molecular flexibility index (Phi) is 7.98. The number of amides is 1. The van der Waals surface area contributed by atoms with Gasteiger partial charge in [-0.25, -0.2) is 0 Å². The van der Waals surface area contributed by atoms with Crippen LogP contribution in [-0.4, -0.2) is 52.3 Å². The van der Waals surface area contributed by atoms with Crippen LogP contribution in [0.4, 0.5) is 0 Å². The molecule has 7 heteroatoms. The quantitative estimate of drug-likeness (QED) is 0.502. The summed E-state index contributed by atoms with van der Waals surface area (Å²) in [7, 11) is 1.59. The molecular formula is C28H33N3O4. The molecule has 7 nitrogen and oxygen atoms in total. The Balaban J connectivity index is 1.74. The summed E-state index contributed by atoms with van der Waals surface area (Å²) >= 11 is 0. The van der Waals surface area contributed by atoms with E-state index in [1.807, 2.05) is 48.5 Å². The van der Waals surface area contributed by atoms with Crippen molar-refractivity contribution < 1.29 is 14.6 Å². The lowest BCUT2D eigenvalue weighted by atomic mass is 9.99. The molecule has 184 valence electrons. The van der Waals surface area contributed by atoms with Crippen molar-refractivity contribution in [1.82, 2.24) is 14.5 Å². The van der Waals surface area contributed by atoms with Crippen LogP contribution in [0.2, 0.25) is 0 Å². The molecule has 1 amide bonds. The van der Waals surface area contributed by atoms with Crippen LogP contribution in [0.5, 0.6) is 5.88 Å². The smallest absolute Gasteiger partial charge is 0.289 e. The highest BCUT2D eigenvalue weighted by molar-refractivity contribution is 5.96. The second-order valence-electron chi connectivity index (χ2n) is 9.03. The fraction of sp³-hybridized carbons (Fsp3) is 0.393. The van der Waals surface area contributed by atoms with Gasteiger partial charge >= 0.3 is 0 Å². The number of aryl methyl sites for hydroxylation is 1. The molecule has 2 aromatic carbocycles. The van der Waals surface area contributed by atoms with E-state index in [0.29, 0.717) is 25.3 Å². The molecule has 1 aromatic heterocycles. The first kappa shape index (κ1) is 24.7. The number of aromatic nitrogens is 2. The first-order valence-corrected chi connectivity index (χ1v) is 12.3. The number of ether oxygens (including phenoxy) is 1. The lowest BCUT2D eigenvalue weighted by molar-refractivity contribution is 0.0782. The highest BCUT2D eigenvalue weighted by Gasteiger charge is 2.33. The van der Waals surface area contributed by atoms with E-state index >= 15 is 0 Å². The number of likely N-dealkylation sites (tertiary alicyclic amines) is 1. The minimum atomic E-state index is -0.678. The monoisotopic (exact) mass is 475 g/mol. The van der Waals surface area contributed by atoms with Gasteiger partial charge in [-0.2, -0.15) is 4.98 Å². The second-order valence-corrected chi connectivity index (χ2v) is 9.03. The first-order chi connectivity index (χ1) is 17.0. The van der Waals surface area contributed by atoms with Gasteiger partial charge in [0.15, 0.2) is 5.56 Å². The molecule has 0 unspecified atom stereocenters. The van der Waals surface area contributed by atoms with E-state index in [4.69, 9.17) is 4.74 Å². The number of carbonyl (C=O) groups is 1. The maximum Gasteiger partial charge on any atom is 0.289 e. The average molecular weight is 476 g/mol. The Morgan fingerprint density at radius 2 is 1.83 bits per heavy atom. The third kappa shape index (κ3) is 5.30. The summed E-state index contributed by atoms with van der Waals surface area (Å²) in [5.41, 5.74) is 1.12. The molecule has 2 atom stereocenters. The number of methoxy groups -OCH3 is 1. The third-order valence-corrected chi connectivity index (χ3v) is 6.71. The van der Waals surface area contributed by atoms with Crippen LogP contribution >= 0.6 is 0 Å². The molecule has 4 rings (SSSR count). The predicted octanol–water partition coefficient (Wildman–Crippen LogP) is 4.16. The van der Waals surface area contributed by atoms with E-state index in [1.165, 1.54) is 5.56 Å². The fourth-order valence-corrected chi connectivity index (χ4v) is 4.84. The van der Waals surface area contributed by atoms with Crippen molar-refractivity contribution in [3.8, 4) is 5.88 Å². The van der Waals surface area contributed by atoms with Gasteiger partial charge in [0.2, 0.25) is 5.88 Å². The Labute approximate surface area is 206 Å². The lowest BCUT2D eigenvalue weighted by Crippen LogP contribution is -2.36. The van der Waals surface area contributed by atoms with Gasteiger partial charge in [0, 0.05) is 32.5 Å². The van der Waals surface area contributed by atoms with Crippen molar-refractivity contribution in [2.45, 2.75) is 44.6 Å². The Morgan fingerprint density at radius 1 is 1.14 bits per heavy atom. The molecule has 0 aliphatic carbocycles. The molecule has 1 saturated heterocycles. The number of aromatic hydroxyl groups is 1. The Morgan fingerprint density at radius 3 is 2.49 bits per heavy atom. The zero-order chi connectivity index (χ0) is 24.8. The molecule has 0 radical (unpaired) electrons. The lowest BCUT2D eigenvalue weighted by Gasteiger charge is -2.26. The van der Waals surface area contributed by atoms with E-state index in [2.05, 4.69) is 24.0 Å². The fourth-order valence-electron chi connectivity index (χ4n) is 4.84. The summed E-state index contributed by atoms with van der Waals surface area (Å²) in [6.07, 6.45) is 3.04. The largest absolute Gasteiger partial charge is 0.494 e. The number of hydrogen-bond acceptors (Lipinski definition) is 5. The van der Waals surface area contributed by atoms with Gasteiger partial charge in [-0.1, -0.05) is 74.0 Å². The minimum Gasteiger partial charge on any atom is -0.494 e. The van der Waals surface area contributed by atoms with Crippen molar-refractivity contribution in [3.05, 3.63) is 93.5 Å². The van der Waals surface area contributed by atoms with Crippen LogP contribution in [0, 0.1) is 0 Å². The zero-order valence-electron chi connectivity index (χ0n) is 20.4. The van der Waals surface area contributed by atoms with Gasteiger partial charge in [0.1, 0.15) is 5.82 Å². The normalized spacial score (nSPS) is 16.4. The molecule has 0 saturated carbocycles. The number of hydrogen-bond donors (Lipinski definition) is 1. The van der Waals surface area contributed by atoms with Crippen molar-refractivity contribution in [2.75, 3.05) is 26.8 Å². The standard InChI is InChI=1S/C28H33N3O4/c1-3-4-15-24-29-26(32)25(27(33)30-17-16-22(18-30)20-11-7-5-8-12-20)28(34)31(24)23(19-35-2)21-13-9-6-10-14-21/h5-14,22-23,34H,3-4,15-19H2,1-2H3/t22-,23-/m1/s1. The van der Waals surface area contributed by atoms with Crippen LogP contribution < -0.4 is 5.56 Å². The molecule has 0 bridgehead atoms. The summed E-state index contributed by atoms with van der Waals surface area (Å²) in [6.45, 7) is 3.34. The number of unbranched alkanes of at least 4 members (excludes halogenated alkanes) is 1. The summed E-state index contributed by atoms with van der Waals surface area (Å²) in [6, 6.07) is 19.3. The summed E-state index contributed by atoms with van der Waals surface area (Å²) in [4.78, 5) is 32.6. The topological polar surface area (TPSA) is 84.7 Å². The molecule has 2 heterocycles. The van der Waals surface area contributed by atoms with Gasteiger partial charge in [-0.05, 0) is 24.0 Å². The molecular weight excluding hydrogens is 442 g/mol. The van der Waals surface area contributed by atoms with E-state index < -0.39 is 17.5 Å². The van der Waals surface area contributed by atoms with Gasteiger partial charge in [0.25, 0.3) is 11.5 Å². The number of nitrogens with zero attached hydrogens (tertiary/aromatic N) is 3. The van der Waals surface area contributed by atoms with Crippen LogP contribution in [-0.2, 0) is 11.2 Å². The average Bonchev–Trinajstić information content (AvgIpc) is 3.38. The molecule has 35 heavy (non-hydrogen) atoms. The number of carbonyl (C=O) groups excluding carboxylic acids is 1. The minimum absolute atomic E-state index is 0.201. The number of rotatable bonds is 9. The summed E-state index contributed by atoms with van der Waals surface area (Å²) in [5, 5.41) is 11.4. The van der Waals surface area contributed by atoms with Gasteiger partial charge < -0.3 is 14.7 Å². The Hall–Kier alpha value is -3.45. The van der Waals surface area contributed by atoms with E-state index in [0.717, 1.165) is 24.8 Å². The van der Waals surface area contributed by atoms with Crippen molar-refractivity contribution in [3.63, 3.8) is 0 Å². The van der Waals surface area contributed by atoms with Gasteiger partial charge in [-0.3, -0.25) is 14.2 Å². The van der Waals surface area contributed by atoms with Gasteiger partial charge in [-0.15, -0.1) is 0 Å². The summed E-state index contributed by atoms with van der Waals surface area (Å²) < 4.78 is 7.11. The molecule has 1 fully saturated rings. The van der Waals surface area contributed by atoms with Crippen LogP contribution in [0.1, 0.15) is 65.5 Å². The highest BCUT2D eigenvalue weighted by atomic mass is 16.5. The molecule has 3 aromatic rings. The molecule has 1 aliphatic rings. The predicted molar refractivity (Wildman–Crippen MR) is 135 cm³/mol. The summed E-state index contributed by atoms with van der Waals surface area (Å²) in [5.74, 6) is -0.152. The van der Waals surface area contributed by atoms with E-state index in [9.17, 15) is 14.7 Å². The van der Waals surface area contributed by atoms with Crippen LogP contribution in [0.25, 0.3) is 0 Å².